The molecule has 3 heteroatoms. The van der Waals surface area contributed by atoms with Gasteiger partial charge in [-0.2, -0.15) is 0 Å². The van der Waals surface area contributed by atoms with E-state index in [2.05, 4.69) is 34.0 Å². The van der Waals surface area contributed by atoms with Gasteiger partial charge in [0.25, 0.3) is 5.91 Å². The van der Waals surface area contributed by atoms with Gasteiger partial charge in [0, 0.05) is 10.1 Å². The Morgan fingerprint density at radius 1 is 1.44 bits per heavy atom. The van der Waals surface area contributed by atoms with Crippen molar-refractivity contribution in [2.45, 2.75) is 32.6 Å². The van der Waals surface area contributed by atoms with Crippen molar-refractivity contribution in [1.29, 1.82) is 0 Å². The Bertz CT molecular complexity index is 479. The highest BCUT2D eigenvalue weighted by Gasteiger charge is 2.11. The largest absolute Gasteiger partial charge is 0.352 e. The molecule has 1 aliphatic rings. The molecule has 0 radical (unpaired) electrons. The van der Waals surface area contributed by atoms with E-state index in [1.807, 2.05) is 25.1 Å². The Balaban J connectivity index is 1.89. The van der Waals surface area contributed by atoms with E-state index < -0.39 is 0 Å². The summed E-state index contributed by atoms with van der Waals surface area (Å²) < 4.78 is 1.05. The number of aryl methyl sites for hydroxylation is 1. The zero-order valence-electron chi connectivity index (χ0n) is 10.6. The van der Waals surface area contributed by atoms with Crippen LogP contribution in [-0.4, -0.2) is 12.5 Å². The molecule has 0 heterocycles. The average Bonchev–Trinajstić information content (AvgIpc) is 2.85. The lowest BCUT2D eigenvalue weighted by molar-refractivity contribution is 0.0953. The van der Waals surface area contributed by atoms with Crippen LogP contribution in [0.5, 0.6) is 0 Å². The van der Waals surface area contributed by atoms with E-state index in [0.717, 1.165) is 27.7 Å². The number of hydrogen-bond donors (Lipinski definition) is 1. The van der Waals surface area contributed by atoms with E-state index in [1.54, 1.807) is 0 Å². The van der Waals surface area contributed by atoms with Gasteiger partial charge in [-0.15, -0.1) is 0 Å². The van der Waals surface area contributed by atoms with Crippen molar-refractivity contribution in [3.63, 3.8) is 0 Å². The van der Waals surface area contributed by atoms with Crippen LogP contribution in [0, 0.1) is 10.5 Å². The van der Waals surface area contributed by atoms with E-state index >= 15 is 0 Å². The number of carbonyl (C=O) groups excluding carboxylic acids is 1. The molecule has 2 rings (SSSR count). The SMILES string of the molecule is Cc1cccc(C(=O)NCCC2=CCCC2)c1I. The van der Waals surface area contributed by atoms with Gasteiger partial charge in [0.1, 0.15) is 0 Å². The summed E-state index contributed by atoms with van der Waals surface area (Å²) in [7, 11) is 0. The zero-order valence-corrected chi connectivity index (χ0v) is 12.8. The van der Waals surface area contributed by atoms with E-state index in [9.17, 15) is 4.79 Å². The second-order valence-electron chi connectivity index (χ2n) is 4.70. The molecule has 0 aromatic heterocycles. The van der Waals surface area contributed by atoms with Gasteiger partial charge in [0.2, 0.25) is 0 Å². The van der Waals surface area contributed by atoms with Gasteiger partial charge in [-0.1, -0.05) is 23.8 Å². The molecule has 1 amide bonds. The molecule has 1 aromatic rings. The van der Waals surface area contributed by atoms with Gasteiger partial charge in [-0.3, -0.25) is 4.79 Å². The first-order valence-corrected chi connectivity index (χ1v) is 7.47. The van der Waals surface area contributed by atoms with Gasteiger partial charge in [-0.05, 0) is 66.8 Å². The van der Waals surface area contributed by atoms with Gasteiger partial charge in [-0.25, -0.2) is 0 Å². The Morgan fingerprint density at radius 3 is 3.00 bits per heavy atom. The van der Waals surface area contributed by atoms with Crippen LogP contribution in [0.4, 0.5) is 0 Å². The minimum Gasteiger partial charge on any atom is -0.352 e. The first kappa shape index (κ1) is 13.6. The van der Waals surface area contributed by atoms with E-state index in [1.165, 1.54) is 24.8 Å². The molecule has 1 aromatic carbocycles. The fraction of sp³-hybridized carbons (Fsp3) is 0.400. The lowest BCUT2D eigenvalue weighted by Gasteiger charge is -2.08. The third kappa shape index (κ3) is 3.34. The summed E-state index contributed by atoms with van der Waals surface area (Å²) in [4.78, 5) is 12.1. The van der Waals surface area contributed by atoms with Crippen molar-refractivity contribution in [1.82, 2.24) is 5.32 Å². The average molecular weight is 355 g/mol. The summed E-state index contributed by atoms with van der Waals surface area (Å²) in [5.74, 6) is 0.0432. The molecule has 18 heavy (non-hydrogen) atoms. The van der Waals surface area contributed by atoms with Crippen molar-refractivity contribution in [3.05, 3.63) is 44.5 Å². The Hall–Kier alpha value is -0.840. The smallest absolute Gasteiger partial charge is 0.252 e. The number of nitrogens with one attached hydrogen (secondary N) is 1. The van der Waals surface area contributed by atoms with Crippen LogP contribution in [0.1, 0.15) is 41.6 Å². The van der Waals surface area contributed by atoms with E-state index in [-0.39, 0.29) is 5.91 Å². The first-order chi connectivity index (χ1) is 8.68. The minimum atomic E-state index is 0.0432. The van der Waals surface area contributed by atoms with Gasteiger partial charge >= 0.3 is 0 Å². The van der Waals surface area contributed by atoms with Crippen molar-refractivity contribution < 1.29 is 4.79 Å². The number of halogens is 1. The quantitative estimate of drug-likeness (QED) is 0.646. The third-order valence-corrected chi connectivity index (χ3v) is 4.74. The summed E-state index contributed by atoms with van der Waals surface area (Å²) in [5.41, 5.74) is 3.44. The van der Waals surface area contributed by atoms with Crippen LogP contribution in [-0.2, 0) is 0 Å². The molecule has 96 valence electrons. The molecule has 1 aliphatic carbocycles. The molecular formula is C15H18INO. The molecule has 0 unspecified atom stereocenters. The van der Waals surface area contributed by atoms with Crippen LogP contribution in [0.25, 0.3) is 0 Å². The lowest BCUT2D eigenvalue weighted by atomic mass is 10.1. The number of carbonyl (C=O) groups is 1. The molecule has 0 bridgehead atoms. The van der Waals surface area contributed by atoms with Crippen molar-refractivity contribution in [2.24, 2.45) is 0 Å². The molecule has 0 atom stereocenters. The minimum absolute atomic E-state index is 0.0432. The summed E-state index contributed by atoms with van der Waals surface area (Å²) in [6, 6.07) is 5.85. The predicted octanol–water partition coefficient (Wildman–Crippen LogP) is 3.83. The van der Waals surface area contributed by atoms with Gasteiger partial charge in [0.05, 0.1) is 5.56 Å². The van der Waals surface area contributed by atoms with Crippen LogP contribution in [0.3, 0.4) is 0 Å². The van der Waals surface area contributed by atoms with E-state index in [0.29, 0.717) is 0 Å². The highest BCUT2D eigenvalue weighted by atomic mass is 127. The predicted molar refractivity (Wildman–Crippen MR) is 82.8 cm³/mol. The van der Waals surface area contributed by atoms with Crippen molar-refractivity contribution >= 4 is 28.5 Å². The molecule has 0 fully saturated rings. The number of allylic oxidation sites excluding steroid dienone is 1. The Kier molecular flexibility index (Phi) is 4.80. The zero-order chi connectivity index (χ0) is 13.0. The molecular weight excluding hydrogens is 337 g/mol. The summed E-state index contributed by atoms with van der Waals surface area (Å²) in [6.07, 6.45) is 6.99. The highest BCUT2D eigenvalue weighted by Crippen LogP contribution is 2.20. The summed E-state index contributed by atoms with van der Waals surface area (Å²) >= 11 is 2.24. The van der Waals surface area contributed by atoms with Gasteiger partial charge in [0.15, 0.2) is 0 Å². The third-order valence-electron chi connectivity index (χ3n) is 3.30. The van der Waals surface area contributed by atoms with Gasteiger partial charge < -0.3 is 5.32 Å². The number of rotatable bonds is 4. The molecule has 1 N–H and O–H groups in total. The maximum atomic E-state index is 12.1. The highest BCUT2D eigenvalue weighted by molar-refractivity contribution is 14.1. The summed E-state index contributed by atoms with van der Waals surface area (Å²) in [6.45, 7) is 2.77. The Labute approximate surface area is 122 Å². The normalized spacial score (nSPS) is 14.4. The Morgan fingerprint density at radius 2 is 2.28 bits per heavy atom. The monoisotopic (exact) mass is 355 g/mol. The number of benzene rings is 1. The number of hydrogen-bond acceptors (Lipinski definition) is 1. The van der Waals surface area contributed by atoms with Crippen molar-refractivity contribution in [2.75, 3.05) is 6.54 Å². The van der Waals surface area contributed by atoms with Crippen LogP contribution in [0.15, 0.2) is 29.8 Å². The van der Waals surface area contributed by atoms with Crippen LogP contribution in [0.2, 0.25) is 0 Å². The number of amides is 1. The van der Waals surface area contributed by atoms with Crippen LogP contribution < -0.4 is 5.32 Å². The maximum absolute atomic E-state index is 12.1. The second-order valence-corrected chi connectivity index (χ2v) is 5.78. The molecule has 0 spiro atoms. The maximum Gasteiger partial charge on any atom is 0.252 e. The molecule has 0 aliphatic heterocycles. The second kappa shape index (κ2) is 6.36. The fourth-order valence-electron chi connectivity index (χ4n) is 2.22. The summed E-state index contributed by atoms with van der Waals surface area (Å²) in [5, 5.41) is 3.01. The molecule has 2 nitrogen and oxygen atoms in total. The van der Waals surface area contributed by atoms with Crippen molar-refractivity contribution in [3.8, 4) is 0 Å². The molecule has 0 saturated carbocycles. The lowest BCUT2D eigenvalue weighted by Crippen LogP contribution is -2.25. The standard InChI is InChI=1S/C15H18INO/c1-11-5-4-8-13(14(11)16)15(18)17-10-9-12-6-2-3-7-12/h4-6,8H,2-3,7,9-10H2,1H3,(H,17,18). The molecule has 0 saturated heterocycles. The topological polar surface area (TPSA) is 29.1 Å². The van der Waals surface area contributed by atoms with Crippen LogP contribution >= 0.6 is 22.6 Å². The first-order valence-electron chi connectivity index (χ1n) is 6.39. The van der Waals surface area contributed by atoms with E-state index in [4.69, 9.17) is 0 Å². The fourth-order valence-corrected chi connectivity index (χ4v) is 2.82.